The largest absolute Gasteiger partial charge is 0.465 e. The predicted molar refractivity (Wildman–Crippen MR) is 160 cm³/mol. The first-order chi connectivity index (χ1) is 20.6. The number of carbonyl (C=O) groups excluding carboxylic acids is 3. The molecule has 11 heteroatoms. The average molecular weight is 592 g/mol. The van der Waals surface area contributed by atoms with Gasteiger partial charge in [0.1, 0.15) is 11.7 Å². The number of carbonyl (C=O) groups is 3. The van der Waals surface area contributed by atoms with Gasteiger partial charge >= 0.3 is 17.9 Å². The molecule has 0 aliphatic heterocycles. The normalized spacial score (nSPS) is 20.1. The second kappa shape index (κ2) is 13.9. The van der Waals surface area contributed by atoms with Gasteiger partial charge in [0.15, 0.2) is 11.5 Å². The van der Waals surface area contributed by atoms with E-state index in [1.807, 2.05) is 31.2 Å². The second-order valence-electron chi connectivity index (χ2n) is 11.5. The van der Waals surface area contributed by atoms with E-state index in [0.717, 1.165) is 24.0 Å². The Morgan fingerprint density at radius 1 is 1.02 bits per heavy atom. The Kier molecular flexibility index (Phi) is 10.2. The molecule has 1 aliphatic rings. The molecule has 1 saturated carbocycles. The van der Waals surface area contributed by atoms with E-state index in [2.05, 4.69) is 30.7 Å². The molecular weight excluding hydrogens is 550 g/mol. The van der Waals surface area contributed by atoms with E-state index in [-0.39, 0.29) is 67.7 Å². The maximum atomic E-state index is 13.9. The van der Waals surface area contributed by atoms with Crippen LogP contribution in [-0.2, 0) is 30.3 Å². The molecule has 2 heterocycles. The summed E-state index contributed by atoms with van der Waals surface area (Å²) in [5.74, 6) is -0.284. The van der Waals surface area contributed by atoms with E-state index < -0.39 is 17.9 Å². The summed E-state index contributed by atoms with van der Waals surface area (Å²) >= 11 is 0. The van der Waals surface area contributed by atoms with E-state index >= 15 is 0 Å². The zero-order valence-corrected chi connectivity index (χ0v) is 25.8. The third-order valence-electron chi connectivity index (χ3n) is 7.89. The lowest BCUT2D eigenvalue weighted by molar-refractivity contribution is -0.148. The summed E-state index contributed by atoms with van der Waals surface area (Å²) in [6, 6.07) is 7.76. The number of aromatic nitrogens is 3. The number of hydrogen-bond acceptors (Lipinski definition) is 8. The number of nitrogens with zero attached hydrogens (tertiary/aromatic N) is 4. The summed E-state index contributed by atoms with van der Waals surface area (Å²) in [6.07, 6.45) is 1.61. The Bertz CT molecular complexity index is 1470. The molecule has 0 amide bonds. The van der Waals surface area contributed by atoms with E-state index in [1.54, 1.807) is 18.4 Å². The van der Waals surface area contributed by atoms with Gasteiger partial charge in [-0.05, 0) is 51.4 Å². The molecule has 2 aromatic heterocycles. The summed E-state index contributed by atoms with van der Waals surface area (Å²) < 4.78 is 18.0. The SMILES string of the molecule is [C-]#[N+]c1c(C(=O)OC2C(C)CC(C)CC2C)c2nc(-c3ccc(C)cc3)[nH]n2c1CN(CC(=O)OCC)CC(=O)OCC. The lowest BCUT2D eigenvalue weighted by Crippen LogP contribution is -2.37. The van der Waals surface area contributed by atoms with Crippen LogP contribution in [0.25, 0.3) is 21.9 Å². The standard InChI is InChI=1S/C32H41N5O6/c1-8-41-25(38)17-36(18-26(39)42-9-2)16-24-28(33-7)27(32(40)43-29-21(5)14-20(4)15-22(29)6)31-34-30(35-37(24)31)23-12-10-19(3)11-13-23/h10-13,20-22,29H,8-9,14-18H2,1-6H3,(H,34,35). The van der Waals surface area contributed by atoms with Gasteiger partial charge in [-0.2, -0.15) is 0 Å². The molecule has 0 radical (unpaired) electrons. The van der Waals surface area contributed by atoms with Crippen LogP contribution in [0, 0.1) is 31.2 Å². The highest BCUT2D eigenvalue weighted by molar-refractivity contribution is 6.04. The monoisotopic (exact) mass is 591 g/mol. The number of fused-ring (bicyclic) bond motifs is 1. The molecule has 230 valence electrons. The number of benzene rings is 1. The Labute approximate surface area is 252 Å². The van der Waals surface area contributed by atoms with Gasteiger partial charge in [0, 0.05) is 12.1 Å². The lowest BCUT2D eigenvalue weighted by Gasteiger charge is -2.37. The van der Waals surface area contributed by atoms with Crippen molar-refractivity contribution in [2.45, 2.75) is 67.0 Å². The fourth-order valence-electron chi connectivity index (χ4n) is 6.12. The van der Waals surface area contributed by atoms with Crippen LogP contribution >= 0.6 is 0 Å². The minimum Gasteiger partial charge on any atom is -0.465 e. The van der Waals surface area contributed by atoms with Gasteiger partial charge in [0.2, 0.25) is 5.69 Å². The van der Waals surface area contributed by atoms with Crippen molar-refractivity contribution in [3.8, 4) is 11.4 Å². The van der Waals surface area contributed by atoms with Crippen LogP contribution in [0.3, 0.4) is 0 Å². The van der Waals surface area contributed by atoms with Crippen LogP contribution in [0.4, 0.5) is 5.69 Å². The van der Waals surface area contributed by atoms with Crippen LogP contribution in [0.5, 0.6) is 0 Å². The smallest absolute Gasteiger partial charge is 0.331 e. The first kappa shape index (κ1) is 31.8. The van der Waals surface area contributed by atoms with E-state index in [1.165, 1.54) is 4.90 Å². The number of esters is 3. The van der Waals surface area contributed by atoms with Crippen LogP contribution in [0.15, 0.2) is 24.3 Å². The molecule has 0 bridgehead atoms. The van der Waals surface area contributed by atoms with Gasteiger partial charge < -0.3 is 14.2 Å². The topological polar surface area (TPSA) is 120 Å². The van der Waals surface area contributed by atoms with Gasteiger partial charge in [0.05, 0.1) is 38.6 Å². The summed E-state index contributed by atoms with van der Waals surface area (Å²) in [5, 5.41) is 3.23. The number of H-pyrrole nitrogens is 1. The van der Waals surface area contributed by atoms with Crippen molar-refractivity contribution in [1.29, 1.82) is 0 Å². The highest BCUT2D eigenvalue weighted by Gasteiger charge is 2.37. The van der Waals surface area contributed by atoms with Crippen molar-refractivity contribution in [2.75, 3.05) is 26.3 Å². The second-order valence-corrected chi connectivity index (χ2v) is 11.5. The number of hydrogen-bond donors (Lipinski definition) is 1. The van der Waals surface area contributed by atoms with Crippen LogP contribution in [0.1, 0.15) is 69.1 Å². The maximum Gasteiger partial charge on any atom is 0.331 e. The minimum atomic E-state index is -0.614. The highest BCUT2D eigenvalue weighted by atomic mass is 16.5. The first-order valence-corrected chi connectivity index (χ1v) is 14.9. The molecule has 4 rings (SSSR count). The number of ether oxygens (including phenoxy) is 3. The summed E-state index contributed by atoms with van der Waals surface area (Å²) in [5.41, 5.74) is 2.61. The summed E-state index contributed by atoms with van der Waals surface area (Å²) in [7, 11) is 0. The molecule has 3 aromatic rings. The number of nitrogens with one attached hydrogen (secondary N) is 1. The van der Waals surface area contributed by atoms with Crippen LogP contribution in [-0.4, -0.2) is 69.8 Å². The van der Waals surface area contributed by atoms with E-state index in [0.29, 0.717) is 17.4 Å². The Hall–Kier alpha value is -4.17. The van der Waals surface area contributed by atoms with Gasteiger partial charge in [-0.3, -0.25) is 24.1 Å². The highest BCUT2D eigenvalue weighted by Crippen LogP contribution is 2.38. The number of aryl methyl sites for hydroxylation is 1. The van der Waals surface area contributed by atoms with Gasteiger partial charge in [0.25, 0.3) is 0 Å². The van der Waals surface area contributed by atoms with Gasteiger partial charge in [-0.25, -0.2) is 14.6 Å². The molecule has 0 saturated heterocycles. The molecule has 1 aromatic carbocycles. The third kappa shape index (κ3) is 7.25. The number of rotatable bonds is 11. The van der Waals surface area contributed by atoms with Crippen molar-refractivity contribution < 1.29 is 28.6 Å². The minimum absolute atomic E-state index is 0.0347. The Balaban J connectivity index is 1.80. The van der Waals surface area contributed by atoms with Gasteiger partial charge in [-0.15, -0.1) is 0 Å². The van der Waals surface area contributed by atoms with Crippen LogP contribution in [0.2, 0.25) is 0 Å². The summed E-state index contributed by atoms with van der Waals surface area (Å²) in [6.45, 7) is 19.7. The molecule has 2 atom stereocenters. The quantitative estimate of drug-likeness (QED) is 0.180. The zero-order valence-electron chi connectivity index (χ0n) is 25.8. The lowest BCUT2D eigenvalue weighted by atomic mass is 9.75. The Morgan fingerprint density at radius 3 is 2.14 bits per heavy atom. The number of aromatic amines is 1. The van der Waals surface area contributed by atoms with Crippen molar-refractivity contribution in [3.05, 3.63) is 52.5 Å². The molecule has 0 spiro atoms. The van der Waals surface area contributed by atoms with E-state index in [9.17, 15) is 14.4 Å². The van der Waals surface area contributed by atoms with Gasteiger partial charge in [-0.1, -0.05) is 50.6 Å². The molecule has 1 N–H and O–H groups in total. The van der Waals surface area contributed by atoms with Crippen molar-refractivity contribution in [3.63, 3.8) is 0 Å². The molecular formula is C32H41N5O6. The third-order valence-corrected chi connectivity index (χ3v) is 7.89. The first-order valence-electron chi connectivity index (χ1n) is 14.9. The zero-order chi connectivity index (χ0) is 31.3. The van der Waals surface area contributed by atoms with E-state index in [4.69, 9.17) is 25.8 Å². The van der Waals surface area contributed by atoms with Crippen molar-refractivity contribution in [1.82, 2.24) is 19.5 Å². The maximum absolute atomic E-state index is 13.9. The fraction of sp³-hybridized carbons (Fsp3) is 0.531. The Morgan fingerprint density at radius 2 is 1.60 bits per heavy atom. The van der Waals surface area contributed by atoms with Crippen molar-refractivity contribution in [2.24, 2.45) is 17.8 Å². The molecule has 1 aliphatic carbocycles. The molecule has 1 fully saturated rings. The van der Waals surface area contributed by atoms with Crippen LogP contribution < -0.4 is 0 Å². The molecule has 2 unspecified atom stereocenters. The summed E-state index contributed by atoms with van der Waals surface area (Å²) in [4.78, 5) is 48.9. The molecule has 43 heavy (non-hydrogen) atoms. The predicted octanol–water partition coefficient (Wildman–Crippen LogP) is 5.34. The fourth-order valence-corrected chi connectivity index (χ4v) is 6.12. The molecule has 11 nitrogen and oxygen atoms in total. The average Bonchev–Trinajstić information content (AvgIpc) is 3.48. The van der Waals surface area contributed by atoms with Crippen molar-refractivity contribution >= 4 is 29.2 Å².